The van der Waals surface area contributed by atoms with Crippen molar-refractivity contribution in [2.45, 2.75) is 76.1 Å². The Bertz CT molecular complexity index is 1310. The maximum Gasteiger partial charge on any atom is 0.239 e. The molecule has 6 atom stereocenters. The molecule has 1 aliphatic rings. The molecule has 1 amide bonds. The van der Waals surface area contributed by atoms with E-state index in [1.165, 1.54) is 12.5 Å². The van der Waals surface area contributed by atoms with Crippen molar-refractivity contribution in [3.05, 3.63) is 36.4 Å². The maximum absolute atomic E-state index is 13.2. The molecule has 1 fully saturated rings. The van der Waals surface area contributed by atoms with Gasteiger partial charge in [-0.2, -0.15) is 0 Å². The van der Waals surface area contributed by atoms with Crippen molar-refractivity contribution in [1.29, 1.82) is 0 Å². The number of rotatable bonds is 11. The number of fused-ring (bicyclic) bond motifs is 1. The SMILES string of the molecule is CC[C@H](NC(=O)[C@@H](CS(=O)(=O)c1ccc2ccccc2n1)NS(C)(=O)=O)[C@H](O)CC1C[C@@H](C)CC[C@H]1C.[HH].[HH]. The predicted molar refractivity (Wildman–Crippen MR) is 148 cm³/mol. The molecule has 9 nitrogen and oxygen atoms in total. The largest absolute Gasteiger partial charge is 0.391 e. The number of sulfonamides is 1. The highest BCUT2D eigenvalue weighted by atomic mass is 32.2. The highest BCUT2D eigenvalue weighted by Gasteiger charge is 2.34. The average molecular weight is 558 g/mol. The molecule has 1 saturated carbocycles. The van der Waals surface area contributed by atoms with Crippen LogP contribution in [0.5, 0.6) is 0 Å². The van der Waals surface area contributed by atoms with E-state index in [-0.39, 0.29) is 7.88 Å². The molecule has 3 rings (SSSR count). The minimum Gasteiger partial charge on any atom is -0.391 e. The van der Waals surface area contributed by atoms with E-state index in [1.54, 1.807) is 24.3 Å². The van der Waals surface area contributed by atoms with Gasteiger partial charge in [0.2, 0.25) is 15.9 Å². The van der Waals surface area contributed by atoms with Gasteiger partial charge in [0.15, 0.2) is 14.9 Å². The first-order valence-electron chi connectivity index (χ1n) is 12.8. The second-order valence-electron chi connectivity index (χ2n) is 10.5. The number of sulfone groups is 1. The van der Waals surface area contributed by atoms with Gasteiger partial charge in [-0.3, -0.25) is 4.79 Å². The fourth-order valence-electron chi connectivity index (χ4n) is 5.15. The van der Waals surface area contributed by atoms with Crippen molar-refractivity contribution in [1.82, 2.24) is 15.0 Å². The van der Waals surface area contributed by atoms with E-state index in [0.717, 1.165) is 24.5 Å². The first-order valence-corrected chi connectivity index (χ1v) is 16.4. The summed E-state index contributed by atoms with van der Waals surface area (Å²) in [6.45, 7) is 6.20. The summed E-state index contributed by atoms with van der Waals surface area (Å²) in [6, 6.07) is 7.76. The summed E-state index contributed by atoms with van der Waals surface area (Å²) in [5.41, 5.74) is 0.473. The molecule has 210 valence electrons. The minimum atomic E-state index is -4.13. The van der Waals surface area contributed by atoms with Gasteiger partial charge in [-0.1, -0.05) is 51.8 Å². The van der Waals surface area contributed by atoms with Gasteiger partial charge in [-0.15, -0.1) is 0 Å². The van der Waals surface area contributed by atoms with Gasteiger partial charge in [0, 0.05) is 8.24 Å². The Hall–Kier alpha value is -2.08. The molecule has 1 unspecified atom stereocenters. The van der Waals surface area contributed by atoms with Crippen molar-refractivity contribution in [3.63, 3.8) is 0 Å². The third-order valence-corrected chi connectivity index (χ3v) is 9.70. The van der Waals surface area contributed by atoms with E-state index in [4.69, 9.17) is 0 Å². The summed E-state index contributed by atoms with van der Waals surface area (Å²) in [5, 5.41) is 14.2. The van der Waals surface area contributed by atoms with Gasteiger partial charge >= 0.3 is 0 Å². The van der Waals surface area contributed by atoms with Crippen molar-refractivity contribution >= 4 is 36.7 Å². The minimum absolute atomic E-state index is 0. The number of benzene rings is 1. The zero-order chi connectivity index (χ0) is 27.4. The second kappa shape index (κ2) is 12.2. The molecule has 1 aliphatic carbocycles. The van der Waals surface area contributed by atoms with Crippen molar-refractivity contribution < 1.29 is 29.6 Å². The zero-order valence-corrected chi connectivity index (χ0v) is 23.6. The van der Waals surface area contributed by atoms with E-state index < -0.39 is 49.7 Å². The molecule has 37 heavy (non-hydrogen) atoms. The third-order valence-electron chi connectivity index (χ3n) is 7.35. The quantitative estimate of drug-likeness (QED) is 0.385. The number of aromatic nitrogens is 1. The van der Waals surface area contributed by atoms with E-state index >= 15 is 0 Å². The third kappa shape index (κ3) is 8.20. The van der Waals surface area contributed by atoms with Crippen LogP contribution in [0.2, 0.25) is 0 Å². The number of hydrogen-bond donors (Lipinski definition) is 3. The standard InChI is InChI=1S/C26H39N3O6S2.2H2/c1-5-21(24(30)15-20-14-17(2)10-11-18(20)3)28-26(31)23(29-36(4,32)33)16-37(34,35)25-13-12-19-8-6-7-9-22(19)27-25;;/h6-9,12-13,17-18,20-21,23-24,29-30H,5,10-11,14-16H2,1-4H3,(H,28,31);2*1H/t17-,18+,20?,21-,23+,24+;;/m0../s1. The van der Waals surface area contributed by atoms with Gasteiger partial charge in [0.05, 0.1) is 29.7 Å². The maximum atomic E-state index is 13.2. The van der Waals surface area contributed by atoms with E-state index in [9.17, 15) is 26.7 Å². The Morgan fingerprint density at radius 3 is 2.51 bits per heavy atom. The molecule has 1 aromatic carbocycles. The van der Waals surface area contributed by atoms with Crippen molar-refractivity contribution in [2.75, 3.05) is 12.0 Å². The van der Waals surface area contributed by atoms with Gasteiger partial charge in [-0.05, 0) is 55.2 Å². The van der Waals surface area contributed by atoms with Crippen LogP contribution in [0, 0.1) is 17.8 Å². The fourth-order valence-corrected chi connectivity index (χ4v) is 7.32. The average Bonchev–Trinajstić information content (AvgIpc) is 2.82. The topological polar surface area (TPSA) is 143 Å². The molecule has 1 heterocycles. The second-order valence-corrected chi connectivity index (χ2v) is 14.3. The lowest BCUT2D eigenvalue weighted by Crippen LogP contribution is -2.54. The van der Waals surface area contributed by atoms with E-state index in [2.05, 4.69) is 28.9 Å². The van der Waals surface area contributed by atoms with Crippen LogP contribution in [0.25, 0.3) is 10.9 Å². The summed E-state index contributed by atoms with van der Waals surface area (Å²) in [4.78, 5) is 17.4. The molecular formula is C26H43N3O6S2. The molecule has 0 saturated heterocycles. The number of aliphatic hydroxyl groups excluding tert-OH is 1. The van der Waals surface area contributed by atoms with Gasteiger partial charge < -0.3 is 10.4 Å². The fraction of sp³-hybridized carbons (Fsp3) is 0.615. The van der Waals surface area contributed by atoms with Gasteiger partial charge in [-0.25, -0.2) is 26.5 Å². The molecule has 11 heteroatoms. The molecule has 0 bridgehead atoms. The van der Waals surface area contributed by atoms with Crippen LogP contribution in [-0.2, 0) is 24.7 Å². The smallest absolute Gasteiger partial charge is 0.239 e. The lowest BCUT2D eigenvalue weighted by molar-refractivity contribution is -0.124. The Morgan fingerprint density at radius 2 is 1.84 bits per heavy atom. The number of carbonyl (C=O) groups is 1. The lowest BCUT2D eigenvalue weighted by atomic mass is 9.73. The highest BCUT2D eigenvalue weighted by Crippen LogP contribution is 2.36. The lowest BCUT2D eigenvalue weighted by Gasteiger charge is -2.36. The molecule has 0 radical (unpaired) electrons. The summed E-state index contributed by atoms with van der Waals surface area (Å²) >= 11 is 0. The first-order chi connectivity index (χ1) is 17.3. The summed E-state index contributed by atoms with van der Waals surface area (Å²) in [7, 11) is -8.04. The van der Waals surface area contributed by atoms with Gasteiger partial charge in [0.25, 0.3) is 0 Å². The van der Waals surface area contributed by atoms with Crippen molar-refractivity contribution in [3.8, 4) is 0 Å². The van der Waals surface area contributed by atoms with Crippen molar-refractivity contribution in [2.24, 2.45) is 17.8 Å². The Balaban J connectivity index is 0.00000380. The van der Waals surface area contributed by atoms with Crippen LogP contribution in [-0.4, -0.2) is 63.0 Å². The van der Waals surface area contributed by atoms with E-state index in [0.29, 0.717) is 36.1 Å². The number of nitrogens with zero attached hydrogens (tertiary/aromatic N) is 1. The Labute approximate surface area is 223 Å². The molecule has 3 N–H and O–H groups in total. The van der Waals surface area contributed by atoms with Crippen LogP contribution in [0.3, 0.4) is 0 Å². The number of aliphatic hydroxyl groups is 1. The molecule has 0 aliphatic heterocycles. The van der Waals surface area contributed by atoms with Gasteiger partial charge in [0.1, 0.15) is 6.04 Å². The van der Waals surface area contributed by atoms with Crippen LogP contribution < -0.4 is 10.0 Å². The highest BCUT2D eigenvalue weighted by molar-refractivity contribution is 7.91. The van der Waals surface area contributed by atoms with Crippen LogP contribution in [0.4, 0.5) is 0 Å². The number of para-hydroxylation sites is 1. The summed E-state index contributed by atoms with van der Waals surface area (Å²) in [6.07, 6.45) is 4.25. The Kier molecular flexibility index (Phi) is 9.71. The number of nitrogens with one attached hydrogen (secondary N) is 2. The number of pyridine rings is 1. The number of hydrogen-bond acceptors (Lipinski definition) is 7. The molecule has 2 aromatic rings. The summed E-state index contributed by atoms with van der Waals surface area (Å²) in [5.74, 6) is -0.223. The predicted octanol–water partition coefficient (Wildman–Crippen LogP) is 3.14. The van der Waals surface area contributed by atoms with Crippen LogP contribution in [0.1, 0.15) is 55.7 Å². The first kappa shape index (κ1) is 29.5. The summed E-state index contributed by atoms with van der Waals surface area (Å²) < 4.78 is 52.5. The number of carbonyl (C=O) groups excluding carboxylic acids is 1. The Morgan fingerprint density at radius 1 is 1.14 bits per heavy atom. The molecule has 0 spiro atoms. The normalized spacial score (nSPS) is 23.3. The van der Waals surface area contributed by atoms with Crippen LogP contribution in [0.15, 0.2) is 41.4 Å². The molecular weight excluding hydrogens is 514 g/mol. The number of amides is 1. The monoisotopic (exact) mass is 557 g/mol. The zero-order valence-electron chi connectivity index (χ0n) is 21.9. The van der Waals surface area contributed by atoms with E-state index in [1.807, 2.05) is 13.0 Å². The van der Waals surface area contributed by atoms with Crippen LogP contribution >= 0.6 is 0 Å². The molecule has 1 aromatic heterocycles.